The van der Waals surface area contributed by atoms with Crippen LogP contribution in [0.3, 0.4) is 0 Å². The second-order valence-corrected chi connectivity index (χ2v) is 8.13. The number of aryl methyl sites for hydroxylation is 1. The Kier molecular flexibility index (Phi) is 4.96. The largest absolute Gasteiger partial charge is 0.342 e. The van der Waals surface area contributed by atoms with E-state index in [0.29, 0.717) is 11.8 Å². The highest BCUT2D eigenvalue weighted by molar-refractivity contribution is 5.81. The summed E-state index contributed by atoms with van der Waals surface area (Å²) in [5, 5.41) is 8.19. The zero-order valence-corrected chi connectivity index (χ0v) is 15.6. The van der Waals surface area contributed by atoms with Gasteiger partial charge in [-0.3, -0.25) is 9.59 Å². The minimum Gasteiger partial charge on any atom is -0.342 e. The molecule has 3 aliphatic rings. The number of carbonyl (C=O) groups is 2. The molecule has 0 atom stereocenters. The molecule has 1 saturated carbocycles. The summed E-state index contributed by atoms with van der Waals surface area (Å²) in [6.45, 7) is 3.11. The third kappa shape index (κ3) is 3.35. The van der Waals surface area contributed by atoms with Crippen LogP contribution in [0.5, 0.6) is 0 Å². The first-order valence-electron chi connectivity index (χ1n) is 10.0. The number of piperidine rings is 2. The first kappa shape index (κ1) is 17.5. The minimum atomic E-state index is 0.0896. The van der Waals surface area contributed by atoms with E-state index in [9.17, 15) is 9.59 Å². The van der Waals surface area contributed by atoms with E-state index < -0.39 is 0 Å². The lowest BCUT2D eigenvalue weighted by Gasteiger charge is -2.39. The van der Waals surface area contributed by atoms with Crippen LogP contribution in [0, 0.1) is 11.8 Å². The second-order valence-electron chi connectivity index (χ2n) is 8.13. The maximum atomic E-state index is 12.9. The highest BCUT2D eigenvalue weighted by atomic mass is 16.2. The number of aromatic nitrogens is 3. The maximum Gasteiger partial charge on any atom is 0.225 e. The summed E-state index contributed by atoms with van der Waals surface area (Å²) in [5.74, 6) is 2.39. The molecule has 0 aromatic carbocycles. The van der Waals surface area contributed by atoms with Gasteiger partial charge in [0.05, 0.1) is 0 Å². The van der Waals surface area contributed by atoms with Gasteiger partial charge in [0.1, 0.15) is 12.2 Å². The number of amides is 2. The molecule has 1 aromatic rings. The molecule has 7 heteroatoms. The molecule has 0 bridgehead atoms. The SMILES string of the molecule is Cn1cnnc1C1CCN(C(=O)C2CCN(C(=O)C3CCC3)CC2)CC1. The molecule has 2 saturated heterocycles. The van der Waals surface area contributed by atoms with E-state index >= 15 is 0 Å². The number of likely N-dealkylation sites (tertiary alicyclic amines) is 2. The van der Waals surface area contributed by atoms with Crippen molar-refractivity contribution in [3.05, 3.63) is 12.2 Å². The summed E-state index contributed by atoms with van der Waals surface area (Å²) in [4.78, 5) is 29.3. The van der Waals surface area contributed by atoms with Crippen LogP contribution in [0.15, 0.2) is 6.33 Å². The Hall–Kier alpha value is -1.92. The lowest BCUT2D eigenvalue weighted by molar-refractivity contribution is -0.144. The van der Waals surface area contributed by atoms with Crippen LogP contribution >= 0.6 is 0 Å². The van der Waals surface area contributed by atoms with E-state index in [0.717, 1.165) is 70.5 Å². The normalized spacial score (nSPS) is 23.1. The van der Waals surface area contributed by atoms with Gasteiger partial charge in [-0.2, -0.15) is 0 Å². The second kappa shape index (κ2) is 7.37. The van der Waals surface area contributed by atoms with E-state index in [-0.39, 0.29) is 17.7 Å². The Bertz CT molecular complexity index is 653. The van der Waals surface area contributed by atoms with Crippen molar-refractivity contribution >= 4 is 11.8 Å². The molecular formula is C19H29N5O2. The number of rotatable bonds is 3. The van der Waals surface area contributed by atoms with Crippen molar-refractivity contribution in [1.82, 2.24) is 24.6 Å². The molecule has 142 valence electrons. The third-order valence-corrected chi connectivity index (χ3v) is 6.53. The van der Waals surface area contributed by atoms with Crippen molar-refractivity contribution < 1.29 is 9.59 Å². The summed E-state index contributed by atoms with van der Waals surface area (Å²) in [6, 6.07) is 0. The van der Waals surface area contributed by atoms with Gasteiger partial charge in [0.2, 0.25) is 11.8 Å². The quantitative estimate of drug-likeness (QED) is 0.821. The van der Waals surface area contributed by atoms with Gasteiger partial charge >= 0.3 is 0 Å². The van der Waals surface area contributed by atoms with Crippen LogP contribution in [-0.2, 0) is 16.6 Å². The molecule has 0 N–H and O–H groups in total. The van der Waals surface area contributed by atoms with Gasteiger partial charge in [-0.1, -0.05) is 6.42 Å². The van der Waals surface area contributed by atoms with Gasteiger partial charge in [-0.15, -0.1) is 10.2 Å². The van der Waals surface area contributed by atoms with Crippen LogP contribution in [0.25, 0.3) is 0 Å². The predicted molar refractivity (Wildman–Crippen MR) is 96.2 cm³/mol. The van der Waals surface area contributed by atoms with E-state index in [1.54, 1.807) is 6.33 Å². The van der Waals surface area contributed by atoms with Crippen molar-refractivity contribution in [1.29, 1.82) is 0 Å². The fraction of sp³-hybridized carbons (Fsp3) is 0.789. The van der Waals surface area contributed by atoms with Gasteiger partial charge in [-0.25, -0.2) is 0 Å². The molecule has 26 heavy (non-hydrogen) atoms. The third-order valence-electron chi connectivity index (χ3n) is 6.53. The van der Waals surface area contributed by atoms with Crippen molar-refractivity contribution in [2.75, 3.05) is 26.2 Å². The van der Waals surface area contributed by atoms with E-state index in [2.05, 4.69) is 10.2 Å². The van der Waals surface area contributed by atoms with Gasteiger partial charge in [0, 0.05) is 51.0 Å². The summed E-state index contributed by atoms with van der Waals surface area (Å²) in [7, 11) is 1.98. The van der Waals surface area contributed by atoms with E-state index in [1.807, 2.05) is 21.4 Å². The number of nitrogens with zero attached hydrogens (tertiary/aromatic N) is 5. The molecule has 7 nitrogen and oxygen atoms in total. The molecule has 4 rings (SSSR count). The van der Waals surface area contributed by atoms with Crippen LogP contribution in [0.4, 0.5) is 0 Å². The summed E-state index contributed by atoms with van der Waals surface area (Å²) in [6.07, 6.45) is 8.59. The number of carbonyl (C=O) groups excluding carboxylic acids is 2. The molecule has 2 amide bonds. The van der Waals surface area contributed by atoms with Crippen molar-refractivity contribution in [3.8, 4) is 0 Å². The zero-order valence-electron chi connectivity index (χ0n) is 15.6. The smallest absolute Gasteiger partial charge is 0.225 e. The topological polar surface area (TPSA) is 71.3 Å². The fourth-order valence-electron chi connectivity index (χ4n) is 4.54. The molecule has 1 aliphatic carbocycles. The van der Waals surface area contributed by atoms with Gasteiger partial charge in [0.15, 0.2) is 0 Å². The monoisotopic (exact) mass is 359 g/mol. The Morgan fingerprint density at radius 2 is 1.42 bits per heavy atom. The zero-order chi connectivity index (χ0) is 18.1. The van der Waals surface area contributed by atoms with Gasteiger partial charge in [0.25, 0.3) is 0 Å². The van der Waals surface area contributed by atoms with Gasteiger partial charge in [-0.05, 0) is 38.5 Å². The summed E-state index contributed by atoms with van der Waals surface area (Å²) < 4.78 is 1.98. The van der Waals surface area contributed by atoms with Crippen LogP contribution in [0.2, 0.25) is 0 Å². The van der Waals surface area contributed by atoms with Crippen molar-refractivity contribution in [2.45, 2.75) is 50.9 Å². The van der Waals surface area contributed by atoms with Crippen LogP contribution in [0.1, 0.15) is 56.7 Å². The molecule has 0 unspecified atom stereocenters. The predicted octanol–water partition coefficient (Wildman–Crippen LogP) is 1.56. The van der Waals surface area contributed by atoms with Crippen LogP contribution < -0.4 is 0 Å². The highest BCUT2D eigenvalue weighted by Crippen LogP contribution is 2.31. The number of hydrogen-bond acceptors (Lipinski definition) is 4. The standard InChI is InChI=1S/C19H29N5O2/c1-22-13-20-21-17(22)14-5-9-23(10-6-14)19(26)16-7-11-24(12-8-16)18(25)15-3-2-4-15/h13-16H,2-12H2,1H3. The lowest BCUT2D eigenvalue weighted by atomic mass is 9.83. The Balaban J connectivity index is 1.25. The minimum absolute atomic E-state index is 0.0896. The Morgan fingerprint density at radius 1 is 0.885 bits per heavy atom. The van der Waals surface area contributed by atoms with Crippen molar-refractivity contribution in [2.24, 2.45) is 18.9 Å². The van der Waals surface area contributed by atoms with Crippen LogP contribution in [-0.4, -0.2) is 62.6 Å². The van der Waals surface area contributed by atoms with Gasteiger partial charge < -0.3 is 14.4 Å². The molecular weight excluding hydrogens is 330 g/mol. The summed E-state index contributed by atoms with van der Waals surface area (Å²) >= 11 is 0. The van der Waals surface area contributed by atoms with Crippen molar-refractivity contribution in [3.63, 3.8) is 0 Å². The first-order valence-corrected chi connectivity index (χ1v) is 10.0. The maximum absolute atomic E-state index is 12.9. The average molecular weight is 359 g/mol. The molecule has 2 aliphatic heterocycles. The Morgan fingerprint density at radius 3 is 1.88 bits per heavy atom. The highest BCUT2D eigenvalue weighted by Gasteiger charge is 2.35. The molecule has 3 fully saturated rings. The lowest BCUT2D eigenvalue weighted by Crippen LogP contribution is -2.48. The Labute approximate surface area is 154 Å². The molecule has 0 radical (unpaired) electrons. The fourth-order valence-corrected chi connectivity index (χ4v) is 4.54. The first-order chi connectivity index (χ1) is 12.6. The molecule has 1 aromatic heterocycles. The number of hydrogen-bond donors (Lipinski definition) is 0. The van der Waals surface area contributed by atoms with E-state index in [4.69, 9.17) is 0 Å². The molecule has 0 spiro atoms. The average Bonchev–Trinajstić information content (AvgIpc) is 3.06. The molecule has 3 heterocycles. The summed E-state index contributed by atoms with van der Waals surface area (Å²) in [5.41, 5.74) is 0. The van der Waals surface area contributed by atoms with E-state index in [1.165, 1.54) is 6.42 Å².